The molecule has 4 bridgehead atoms. The molecule has 0 heterocycles. The van der Waals surface area contributed by atoms with Crippen LogP contribution in [0.25, 0.3) is 0 Å². The Bertz CT molecular complexity index is 1790. The van der Waals surface area contributed by atoms with Gasteiger partial charge in [-0.2, -0.15) is 5.26 Å². The first-order valence-corrected chi connectivity index (χ1v) is 14.7. The molecular weight excluding hydrogens is 512 g/mol. The largest absolute Gasteiger partial charge is 0.388 e. The molecule has 5 aromatic carbocycles. The van der Waals surface area contributed by atoms with Crippen LogP contribution in [0, 0.1) is 11.3 Å². The molecule has 6 aliphatic rings. The normalized spacial score (nSPS) is 20.3. The highest BCUT2D eigenvalue weighted by Gasteiger charge is 2.50. The van der Waals surface area contributed by atoms with Crippen LogP contribution in [0.3, 0.4) is 0 Å². The molecule has 0 aromatic heterocycles. The number of anilines is 1. The third kappa shape index (κ3) is 3.07. The maximum Gasteiger partial charge on any atom is 0.126 e. The number of hydrogen-bond donors (Lipinski definition) is 1. The van der Waals surface area contributed by atoms with Gasteiger partial charge < -0.3 is 10.1 Å². The Labute approximate surface area is 246 Å². The average Bonchev–Trinajstić information content (AvgIpc) is 3.02. The maximum absolute atomic E-state index is 11.0. The summed E-state index contributed by atoms with van der Waals surface area (Å²) < 4.78 is 0. The second-order valence-electron chi connectivity index (χ2n) is 11.9. The van der Waals surface area contributed by atoms with Gasteiger partial charge in [0.2, 0.25) is 0 Å². The number of nitrogens with zero attached hydrogens (tertiary/aromatic N) is 1. The van der Waals surface area contributed by atoms with E-state index < -0.39 is 0 Å². The summed E-state index contributed by atoms with van der Waals surface area (Å²) in [5, 5.41) is 14.7. The van der Waals surface area contributed by atoms with Gasteiger partial charge in [-0.05, 0) is 80.6 Å². The van der Waals surface area contributed by atoms with Crippen LogP contribution in [-0.2, 0) is 4.79 Å². The summed E-state index contributed by atoms with van der Waals surface area (Å²) in [4.78, 5) is 9.44. The molecular formula is C39H30N2O. The van der Waals surface area contributed by atoms with Crippen molar-refractivity contribution < 1.29 is 4.79 Å². The smallest absolute Gasteiger partial charge is 0.126 e. The van der Waals surface area contributed by atoms with Crippen molar-refractivity contribution in [1.29, 1.82) is 5.26 Å². The van der Waals surface area contributed by atoms with Crippen molar-refractivity contribution in [3.05, 3.63) is 169 Å². The quantitative estimate of drug-likeness (QED) is 0.228. The fourth-order valence-corrected chi connectivity index (χ4v) is 8.48. The standard InChI is InChI=1S/C36H24N2.C3H6O/c1-38-36-34-30-23-14-6-2-10-19(23)28(20-11-3-7-15-24(20)30)32(34)27(18-37)33-29-21-12-4-8-16-25(21)31(35(33)36)26-17-9-5-13-22(26)29;1-3(2)4/h2-17,28-31,38H,1H3;1-2H3. The van der Waals surface area contributed by atoms with E-state index in [1.54, 1.807) is 0 Å². The lowest BCUT2D eigenvalue weighted by molar-refractivity contribution is -0.114. The lowest BCUT2D eigenvalue weighted by Crippen LogP contribution is -2.34. The predicted octanol–water partition coefficient (Wildman–Crippen LogP) is 8.17. The SMILES string of the molecule is CC(C)=O.CNc1c2c(c(C#N)c3c1C1c4ccccc4C3c3ccccc31)C1c3ccccc3C2c2ccccc21. The number of nitriles is 1. The maximum atomic E-state index is 11.0. The van der Waals surface area contributed by atoms with Crippen molar-refractivity contribution >= 4 is 11.5 Å². The Kier molecular flexibility index (Phi) is 5.34. The first kappa shape index (κ1) is 24.8. The third-order valence-corrected chi connectivity index (χ3v) is 9.65. The summed E-state index contributed by atoms with van der Waals surface area (Å²) >= 11 is 0. The third-order valence-electron chi connectivity index (χ3n) is 9.65. The zero-order valence-electron chi connectivity index (χ0n) is 23.9. The molecule has 0 amide bonds. The van der Waals surface area contributed by atoms with Crippen molar-refractivity contribution in [2.45, 2.75) is 37.5 Å². The van der Waals surface area contributed by atoms with Gasteiger partial charge in [-0.15, -0.1) is 0 Å². The molecule has 5 aromatic rings. The van der Waals surface area contributed by atoms with Gasteiger partial charge in [0.1, 0.15) is 5.78 Å². The van der Waals surface area contributed by atoms with E-state index in [9.17, 15) is 10.1 Å². The number of hydrogen-bond acceptors (Lipinski definition) is 3. The Morgan fingerprint density at radius 1 is 0.548 bits per heavy atom. The molecule has 0 atom stereocenters. The van der Waals surface area contributed by atoms with E-state index in [1.807, 2.05) is 0 Å². The highest BCUT2D eigenvalue weighted by Crippen LogP contribution is 2.65. The summed E-state index contributed by atoms with van der Waals surface area (Å²) in [6.07, 6.45) is 0. The first-order valence-electron chi connectivity index (χ1n) is 14.7. The molecule has 0 spiro atoms. The molecule has 0 aliphatic heterocycles. The van der Waals surface area contributed by atoms with Crippen LogP contribution in [-0.4, -0.2) is 12.8 Å². The Morgan fingerprint density at radius 2 is 0.786 bits per heavy atom. The van der Waals surface area contributed by atoms with E-state index in [1.165, 1.54) is 86.3 Å². The zero-order chi connectivity index (χ0) is 28.7. The van der Waals surface area contributed by atoms with E-state index in [4.69, 9.17) is 0 Å². The van der Waals surface area contributed by atoms with Crippen LogP contribution in [0.2, 0.25) is 0 Å². The number of carbonyl (C=O) groups is 1. The Balaban J connectivity index is 0.000000630. The highest BCUT2D eigenvalue weighted by atomic mass is 16.1. The molecule has 0 unspecified atom stereocenters. The minimum Gasteiger partial charge on any atom is -0.388 e. The number of benzene rings is 5. The van der Waals surface area contributed by atoms with Crippen molar-refractivity contribution in [1.82, 2.24) is 0 Å². The Hall–Kier alpha value is -4.94. The first-order chi connectivity index (χ1) is 20.6. The molecule has 0 saturated heterocycles. The molecule has 3 nitrogen and oxygen atoms in total. The molecule has 0 saturated carbocycles. The molecule has 202 valence electrons. The van der Waals surface area contributed by atoms with E-state index >= 15 is 0 Å². The molecule has 11 rings (SSSR count). The number of carbonyl (C=O) groups excluding carboxylic acids is 1. The van der Waals surface area contributed by atoms with Crippen LogP contribution in [0.15, 0.2) is 97.1 Å². The van der Waals surface area contributed by atoms with Crippen LogP contribution >= 0.6 is 0 Å². The summed E-state index contributed by atoms with van der Waals surface area (Å²) in [5.74, 6) is 0.544. The van der Waals surface area contributed by atoms with Gasteiger partial charge in [0.15, 0.2) is 0 Å². The molecule has 6 aliphatic carbocycles. The fraction of sp³-hybridized carbons (Fsp3) is 0.179. The molecule has 42 heavy (non-hydrogen) atoms. The Morgan fingerprint density at radius 3 is 1.00 bits per heavy atom. The van der Waals surface area contributed by atoms with Crippen LogP contribution in [0.4, 0.5) is 5.69 Å². The van der Waals surface area contributed by atoms with Crippen LogP contribution in [0.1, 0.15) is 110 Å². The van der Waals surface area contributed by atoms with E-state index in [0.29, 0.717) is 0 Å². The van der Waals surface area contributed by atoms with Crippen molar-refractivity contribution in [2.75, 3.05) is 12.4 Å². The van der Waals surface area contributed by atoms with Gasteiger partial charge in [0.05, 0.1) is 11.6 Å². The van der Waals surface area contributed by atoms with E-state index in [2.05, 4.69) is 115 Å². The van der Waals surface area contributed by atoms with Gasteiger partial charge in [0.25, 0.3) is 0 Å². The summed E-state index contributed by atoms with van der Waals surface area (Å²) in [6.45, 7) is 3.06. The second-order valence-corrected chi connectivity index (χ2v) is 11.9. The van der Waals surface area contributed by atoms with Gasteiger partial charge in [0, 0.05) is 36.4 Å². The topological polar surface area (TPSA) is 52.9 Å². The van der Waals surface area contributed by atoms with Gasteiger partial charge in [-0.3, -0.25) is 0 Å². The molecule has 0 radical (unpaired) electrons. The van der Waals surface area contributed by atoms with Gasteiger partial charge in [-0.25, -0.2) is 0 Å². The second kappa shape index (κ2) is 9.03. The van der Waals surface area contributed by atoms with Crippen molar-refractivity contribution in [2.24, 2.45) is 0 Å². The van der Waals surface area contributed by atoms with Gasteiger partial charge in [-0.1, -0.05) is 97.1 Å². The van der Waals surface area contributed by atoms with Crippen LogP contribution in [0.5, 0.6) is 0 Å². The lowest BCUT2D eigenvalue weighted by Gasteiger charge is -2.49. The van der Waals surface area contributed by atoms with E-state index in [0.717, 1.165) is 5.56 Å². The zero-order valence-corrected chi connectivity index (χ0v) is 23.9. The number of ketones is 1. The fourth-order valence-electron chi connectivity index (χ4n) is 8.48. The van der Waals surface area contributed by atoms with Gasteiger partial charge >= 0.3 is 0 Å². The average molecular weight is 543 g/mol. The van der Waals surface area contributed by atoms with Crippen molar-refractivity contribution in [3.63, 3.8) is 0 Å². The number of rotatable bonds is 1. The number of nitrogens with one attached hydrogen (secondary N) is 1. The summed E-state index contributed by atoms with van der Waals surface area (Å²) in [5.41, 5.74) is 18.1. The van der Waals surface area contributed by atoms with E-state index in [-0.39, 0.29) is 29.5 Å². The molecule has 0 fully saturated rings. The minimum atomic E-state index is 0.0698. The monoisotopic (exact) mass is 542 g/mol. The predicted molar refractivity (Wildman–Crippen MR) is 167 cm³/mol. The lowest BCUT2D eigenvalue weighted by atomic mass is 9.54. The summed E-state index contributed by atoms with van der Waals surface area (Å²) in [6, 6.07) is 38.4. The molecule has 3 heteroatoms. The highest BCUT2D eigenvalue weighted by molar-refractivity contribution is 5.85. The number of Topliss-reactive ketones (excluding diaryl/α,β-unsaturated/α-hetero) is 1. The summed E-state index contributed by atoms with van der Waals surface area (Å²) in [7, 11) is 2.07. The van der Waals surface area contributed by atoms with Crippen molar-refractivity contribution in [3.8, 4) is 6.07 Å². The molecule has 1 N–H and O–H groups in total. The minimum absolute atomic E-state index is 0.0698. The van der Waals surface area contributed by atoms with Crippen LogP contribution < -0.4 is 5.32 Å².